The average Bonchev–Trinajstić information content (AvgIpc) is 2.04. The van der Waals surface area contributed by atoms with Gasteiger partial charge in [-0.3, -0.25) is 4.79 Å². The molecule has 1 aliphatic rings. The van der Waals surface area contributed by atoms with Gasteiger partial charge in [-0.1, -0.05) is 13.8 Å². The van der Waals surface area contributed by atoms with Crippen molar-refractivity contribution in [3.8, 4) is 0 Å². The van der Waals surface area contributed by atoms with E-state index in [9.17, 15) is 9.59 Å². The van der Waals surface area contributed by atoms with Crippen molar-refractivity contribution < 1.29 is 9.59 Å². The lowest BCUT2D eigenvalue weighted by Crippen LogP contribution is -2.17. The van der Waals surface area contributed by atoms with Crippen LogP contribution in [0.2, 0.25) is 0 Å². The molecule has 0 N–H and O–H groups in total. The van der Waals surface area contributed by atoms with Gasteiger partial charge >= 0.3 is 0 Å². The van der Waals surface area contributed by atoms with E-state index in [0.29, 0.717) is 12.8 Å². The molecule has 0 heterocycles. The highest BCUT2D eigenvalue weighted by molar-refractivity contribution is 5.85. The van der Waals surface area contributed by atoms with Crippen LogP contribution in [0.25, 0.3) is 0 Å². The second-order valence-electron chi connectivity index (χ2n) is 3.65. The van der Waals surface area contributed by atoms with Crippen LogP contribution >= 0.6 is 0 Å². The molecule has 0 amide bonds. The van der Waals surface area contributed by atoms with E-state index in [-0.39, 0.29) is 17.1 Å². The van der Waals surface area contributed by atoms with Crippen LogP contribution in [0.5, 0.6) is 0 Å². The number of ketones is 1. The van der Waals surface area contributed by atoms with E-state index in [1.165, 1.54) is 0 Å². The monoisotopic (exact) mass is 140 g/mol. The predicted molar refractivity (Wildman–Crippen MR) is 37.6 cm³/mol. The molecule has 56 valence electrons. The van der Waals surface area contributed by atoms with Crippen molar-refractivity contribution in [3.63, 3.8) is 0 Å². The Bertz CT molecular complexity index is 170. The van der Waals surface area contributed by atoms with Gasteiger partial charge in [0, 0.05) is 18.8 Å². The Labute approximate surface area is 60.6 Å². The van der Waals surface area contributed by atoms with Gasteiger partial charge in [0.15, 0.2) is 0 Å². The van der Waals surface area contributed by atoms with Crippen LogP contribution < -0.4 is 0 Å². The van der Waals surface area contributed by atoms with Crippen molar-refractivity contribution in [3.05, 3.63) is 0 Å². The molecule has 0 aromatic carbocycles. The smallest absolute Gasteiger partial charge is 0.134 e. The summed E-state index contributed by atoms with van der Waals surface area (Å²) in [6.07, 6.45) is 1.93. The van der Waals surface area contributed by atoms with Gasteiger partial charge in [-0.05, 0) is 5.41 Å². The number of aldehydes is 1. The molecule has 2 heteroatoms. The largest absolute Gasteiger partial charge is 0.303 e. The molecule has 0 bridgehead atoms. The summed E-state index contributed by atoms with van der Waals surface area (Å²) in [5, 5.41) is 0. The molecule has 2 nitrogen and oxygen atoms in total. The summed E-state index contributed by atoms with van der Waals surface area (Å²) in [4.78, 5) is 21.3. The first-order valence-electron chi connectivity index (χ1n) is 3.53. The van der Waals surface area contributed by atoms with Crippen LogP contribution in [-0.2, 0) is 9.59 Å². The topological polar surface area (TPSA) is 34.1 Å². The molecule has 1 aliphatic carbocycles. The maximum absolute atomic E-state index is 10.9. The Kier molecular flexibility index (Phi) is 1.63. The van der Waals surface area contributed by atoms with Gasteiger partial charge in [-0.25, -0.2) is 0 Å². The first kappa shape index (κ1) is 7.45. The number of carbonyl (C=O) groups is 2. The molecule has 0 saturated heterocycles. The molecule has 1 saturated carbocycles. The number of Topliss-reactive ketones (excluding diaryl/α,β-unsaturated/α-hetero) is 1. The van der Waals surface area contributed by atoms with E-state index in [1.807, 2.05) is 13.8 Å². The molecule has 1 rings (SSSR count). The summed E-state index contributed by atoms with van der Waals surface area (Å²) in [5.74, 6) is 0.183. The molecule has 0 aromatic heterocycles. The van der Waals surface area contributed by atoms with Gasteiger partial charge < -0.3 is 4.79 Å². The summed E-state index contributed by atoms with van der Waals surface area (Å²) < 4.78 is 0. The van der Waals surface area contributed by atoms with Gasteiger partial charge in [0.2, 0.25) is 0 Å². The van der Waals surface area contributed by atoms with E-state index in [2.05, 4.69) is 0 Å². The second kappa shape index (κ2) is 2.19. The van der Waals surface area contributed by atoms with Crippen molar-refractivity contribution in [2.45, 2.75) is 26.7 Å². The van der Waals surface area contributed by atoms with E-state index < -0.39 is 0 Å². The van der Waals surface area contributed by atoms with Crippen molar-refractivity contribution in [2.24, 2.45) is 11.3 Å². The molecule has 1 fully saturated rings. The Balaban J connectivity index is 2.76. The van der Waals surface area contributed by atoms with Gasteiger partial charge in [-0.2, -0.15) is 0 Å². The van der Waals surface area contributed by atoms with Gasteiger partial charge in [0.1, 0.15) is 12.1 Å². The lowest BCUT2D eigenvalue weighted by atomic mass is 9.83. The van der Waals surface area contributed by atoms with Crippen molar-refractivity contribution >= 4 is 12.1 Å². The quantitative estimate of drug-likeness (QED) is 0.513. The molecule has 0 aliphatic heterocycles. The van der Waals surface area contributed by atoms with Crippen LogP contribution in [0.1, 0.15) is 26.7 Å². The fourth-order valence-electron chi connectivity index (χ4n) is 1.47. The van der Waals surface area contributed by atoms with E-state index in [4.69, 9.17) is 0 Å². The highest BCUT2D eigenvalue weighted by Gasteiger charge is 2.39. The lowest BCUT2D eigenvalue weighted by molar-refractivity contribution is -0.119. The molecule has 0 radical (unpaired) electrons. The Morgan fingerprint density at radius 3 is 2.40 bits per heavy atom. The van der Waals surface area contributed by atoms with Crippen LogP contribution in [0.15, 0.2) is 0 Å². The minimum absolute atomic E-state index is 0.0417. The normalized spacial score (nSPS) is 30.6. The third-order valence-corrected chi connectivity index (χ3v) is 2.27. The van der Waals surface area contributed by atoms with Crippen molar-refractivity contribution in [2.75, 3.05) is 0 Å². The van der Waals surface area contributed by atoms with E-state index >= 15 is 0 Å². The Hall–Kier alpha value is -0.660. The number of hydrogen-bond acceptors (Lipinski definition) is 2. The van der Waals surface area contributed by atoms with Gasteiger partial charge in [-0.15, -0.1) is 0 Å². The fraction of sp³-hybridized carbons (Fsp3) is 0.750. The molecule has 1 atom stereocenters. The molecular weight excluding hydrogens is 128 g/mol. The fourth-order valence-corrected chi connectivity index (χ4v) is 1.47. The van der Waals surface area contributed by atoms with Gasteiger partial charge in [0.25, 0.3) is 0 Å². The van der Waals surface area contributed by atoms with Crippen LogP contribution in [0.3, 0.4) is 0 Å². The first-order chi connectivity index (χ1) is 4.56. The molecule has 1 unspecified atom stereocenters. The highest BCUT2D eigenvalue weighted by atomic mass is 16.1. The second-order valence-corrected chi connectivity index (χ2v) is 3.65. The average molecular weight is 140 g/mol. The number of carbonyl (C=O) groups excluding carboxylic acids is 2. The van der Waals surface area contributed by atoms with E-state index in [1.54, 1.807) is 0 Å². The molecule has 0 spiro atoms. The summed E-state index contributed by atoms with van der Waals surface area (Å²) in [5.41, 5.74) is -0.0845. The predicted octanol–water partition coefficient (Wildman–Crippen LogP) is 1.19. The SMILES string of the molecule is CC1(C)CC(=O)CC1C=O. The zero-order valence-corrected chi connectivity index (χ0v) is 6.39. The van der Waals surface area contributed by atoms with Crippen LogP contribution in [-0.4, -0.2) is 12.1 Å². The number of hydrogen-bond donors (Lipinski definition) is 0. The Morgan fingerprint density at radius 1 is 1.60 bits per heavy atom. The zero-order valence-electron chi connectivity index (χ0n) is 6.39. The third kappa shape index (κ3) is 1.11. The minimum Gasteiger partial charge on any atom is -0.303 e. The molecule has 0 aromatic rings. The molecular formula is C8H12O2. The van der Waals surface area contributed by atoms with Gasteiger partial charge in [0.05, 0.1) is 0 Å². The summed E-state index contributed by atoms with van der Waals surface area (Å²) in [6.45, 7) is 3.94. The van der Waals surface area contributed by atoms with E-state index in [0.717, 1.165) is 6.29 Å². The minimum atomic E-state index is -0.0845. The summed E-state index contributed by atoms with van der Waals surface area (Å²) in [6, 6.07) is 0. The van der Waals surface area contributed by atoms with Crippen LogP contribution in [0, 0.1) is 11.3 Å². The number of rotatable bonds is 1. The summed E-state index contributed by atoms with van der Waals surface area (Å²) in [7, 11) is 0. The molecule has 10 heavy (non-hydrogen) atoms. The summed E-state index contributed by atoms with van der Waals surface area (Å²) >= 11 is 0. The standard InChI is InChI=1S/C8H12O2/c1-8(2)4-7(10)3-6(8)5-9/h5-6H,3-4H2,1-2H3. The van der Waals surface area contributed by atoms with Crippen LogP contribution in [0.4, 0.5) is 0 Å². The van der Waals surface area contributed by atoms with Crippen molar-refractivity contribution in [1.82, 2.24) is 0 Å². The highest BCUT2D eigenvalue weighted by Crippen LogP contribution is 2.38. The third-order valence-electron chi connectivity index (χ3n) is 2.27. The lowest BCUT2D eigenvalue weighted by Gasteiger charge is -2.19. The Morgan fingerprint density at radius 2 is 2.20 bits per heavy atom. The first-order valence-corrected chi connectivity index (χ1v) is 3.53. The van der Waals surface area contributed by atoms with Crippen molar-refractivity contribution in [1.29, 1.82) is 0 Å². The zero-order chi connectivity index (χ0) is 7.78. The maximum Gasteiger partial charge on any atom is 0.134 e. The maximum atomic E-state index is 10.9.